The van der Waals surface area contributed by atoms with Crippen LogP contribution in [-0.2, 0) is 9.84 Å². The number of anilines is 1. The molecule has 0 aliphatic heterocycles. The van der Waals surface area contributed by atoms with Crippen molar-refractivity contribution in [3.05, 3.63) is 62.7 Å². The molecule has 0 aliphatic carbocycles. The SMILES string of the molecule is Nc1c([N+](=O)[O-])cc([N+](=O)[O-])cc1S(=O)(=O)c1ccccc1. The fourth-order valence-electron chi connectivity index (χ4n) is 1.80. The van der Waals surface area contributed by atoms with Crippen molar-refractivity contribution in [2.75, 3.05) is 5.73 Å². The van der Waals surface area contributed by atoms with E-state index in [0.29, 0.717) is 12.1 Å². The first-order valence-corrected chi connectivity index (χ1v) is 7.26. The van der Waals surface area contributed by atoms with Gasteiger partial charge in [-0.05, 0) is 12.1 Å². The van der Waals surface area contributed by atoms with Crippen LogP contribution in [0.1, 0.15) is 0 Å². The molecule has 0 saturated carbocycles. The number of hydrogen-bond donors (Lipinski definition) is 1. The van der Waals surface area contributed by atoms with E-state index in [1.165, 1.54) is 24.3 Å². The molecule has 9 nitrogen and oxygen atoms in total. The summed E-state index contributed by atoms with van der Waals surface area (Å²) in [5, 5.41) is 21.8. The van der Waals surface area contributed by atoms with E-state index in [1.54, 1.807) is 6.07 Å². The van der Waals surface area contributed by atoms with Gasteiger partial charge in [0.25, 0.3) is 11.4 Å². The van der Waals surface area contributed by atoms with Crippen molar-refractivity contribution in [1.82, 2.24) is 0 Å². The summed E-state index contributed by atoms with van der Waals surface area (Å²) in [5.74, 6) is 0. The van der Waals surface area contributed by atoms with E-state index in [9.17, 15) is 28.6 Å². The summed E-state index contributed by atoms with van der Waals surface area (Å²) in [4.78, 5) is 19.0. The average molecular weight is 323 g/mol. The van der Waals surface area contributed by atoms with Crippen LogP contribution in [0.2, 0.25) is 0 Å². The van der Waals surface area contributed by atoms with Crippen LogP contribution in [0.5, 0.6) is 0 Å². The summed E-state index contributed by atoms with van der Waals surface area (Å²) < 4.78 is 25.0. The summed E-state index contributed by atoms with van der Waals surface area (Å²) in [6.45, 7) is 0. The van der Waals surface area contributed by atoms with Gasteiger partial charge in [-0.1, -0.05) is 18.2 Å². The van der Waals surface area contributed by atoms with Gasteiger partial charge in [0.1, 0.15) is 10.6 Å². The Morgan fingerprint density at radius 3 is 2.05 bits per heavy atom. The monoisotopic (exact) mass is 323 g/mol. The highest BCUT2D eigenvalue weighted by atomic mass is 32.2. The number of nitro groups is 2. The highest BCUT2D eigenvalue weighted by Gasteiger charge is 2.30. The predicted molar refractivity (Wildman–Crippen MR) is 76.1 cm³/mol. The molecule has 114 valence electrons. The lowest BCUT2D eigenvalue weighted by atomic mass is 10.2. The highest BCUT2D eigenvalue weighted by molar-refractivity contribution is 7.91. The summed E-state index contributed by atoms with van der Waals surface area (Å²) in [6.07, 6.45) is 0. The molecule has 2 aromatic rings. The number of hydrogen-bond acceptors (Lipinski definition) is 7. The van der Waals surface area contributed by atoms with E-state index >= 15 is 0 Å². The molecule has 0 heterocycles. The molecule has 0 radical (unpaired) electrons. The van der Waals surface area contributed by atoms with Gasteiger partial charge in [0.15, 0.2) is 0 Å². The van der Waals surface area contributed by atoms with Crippen LogP contribution in [0.3, 0.4) is 0 Å². The zero-order valence-corrected chi connectivity index (χ0v) is 11.7. The molecular weight excluding hydrogens is 314 g/mol. The highest BCUT2D eigenvalue weighted by Crippen LogP contribution is 2.36. The fraction of sp³-hybridized carbons (Fsp3) is 0. The van der Waals surface area contributed by atoms with Crippen molar-refractivity contribution in [3.8, 4) is 0 Å². The molecule has 0 fully saturated rings. The lowest BCUT2D eigenvalue weighted by Crippen LogP contribution is -2.09. The summed E-state index contributed by atoms with van der Waals surface area (Å²) >= 11 is 0. The van der Waals surface area contributed by atoms with Crippen LogP contribution in [0, 0.1) is 20.2 Å². The summed E-state index contributed by atoms with van der Waals surface area (Å²) in [7, 11) is -4.22. The number of sulfone groups is 1. The van der Waals surface area contributed by atoms with Crippen molar-refractivity contribution in [3.63, 3.8) is 0 Å². The lowest BCUT2D eigenvalue weighted by Gasteiger charge is -2.08. The Kier molecular flexibility index (Phi) is 3.78. The molecule has 0 aromatic heterocycles. The second-order valence-electron chi connectivity index (χ2n) is 4.21. The Morgan fingerprint density at radius 2 is 1.55 bits per heavy atom. The van der Waals surface area contributed by atoms with Crippen LogP contribution < -0.4 is 5.73 Å². The zero-order valence-electron chi connectivity index (χ0n) is 10.9. The smallest absolute Gasteiger partial charge is 0.300 e. The van der Waals surface area contributed by atoms with Crippen LogP contribution in [-0.4, -0.2) is 18.3 Å². The van der Waals surface area contributed by atoms with Gasteiger partial charge >= 0.3 is 0 Å². The third-order valence-electron chi connectivity index (χ3n) is 2.86. The number of nitrogens with zero attached hydrogens (tertiary/aromatic N) is 2. The molecule has 0 amide bonds. The molecule has 10 heteroatoms. The third kappa shape index (κ3) is 2.59. The zero-order chi connectivity index (χ0) is 16.5. The van der Waals surface area contributed by atoms with E-state index in [2.05, 4.69) is 0 Å². The largest absolute Gasteiger partial charge is 0.392 e. The first kappa shape index (κ1) is 15.4. The molecule has 0 bridgehead atoms. The minimum Gasteiger partial charge on any atom is -0.392 e. The maximum Gasteiger partial charge on any atom is 0.300 e. The Labute approximate surface area is 124 Å². The van der Waals surface area contributed by atoms with Crippen LogP contribution in [0.4, 0.5) is 17.1 Å². The van der Waals surface area contributed by atoms with E-state index in [1.807, 2.05) is 0 Å². The molecular formula is C12H9N3O6S. The number of rotatable bonds is 4. The van der Waals surface area contributed by atoms with Gasteiger partial charge in [-0.15, -0.1) is 0 Å². The van der Waals surface area contributed by atoms with Crippen LogP contribution >= 0.6 is 0 Å². The maximum atomic E-state index is 12.5. The molecule has 2 aromatic carbocycles. The minimum absolute atomic E-state index is 0.170. The van der Waals surface area contributed by atoms with E-state index < -0.39 is 41.6 Å². The average Bonchev–Trinajstić information content (AvgIpc) is 2.47. The maximum absolute atomic E-state index is 12.5. The number of nitrogen functional groups attached to an aromatic ring is 1. The summed E-state index contributed by atoms with van der Waals surface area (Å²) in [6, 6.07) is 8.35. The van der Waals surface area contributed by atoms with Crippen LogP contribution in [0.15, 0.2) is 52.3 Å². The van der Waals surface area contributed by atoms with Gasteiger partial charge in [-0.3, -0.25) is 20.2 Å². The van der Waals surface area contributed by atoms with Crippen molar-refractivity contribution in [2.45, 2.75) is 9.79 Å². The Hall–Kier alpha value is -3.01. The molecule has 0 saturated heterocycles. The van der Waals surface area contributed by atoms with Crippen molar-refractivity contribution in [2.24, 2.45) is 0 Å². The third-order valence-corrected chi connectivity index (χ3v) is 4.67. The van der Waals surface area contributed by atoms with Crippen molar-refractivity contribution < 1.29 is 18.3 Å². The normalized spacial score (nSPS) is 11.1. The standard InChI is InChI=1S/C12H9N3O6S/c13-12-10(15(18)19)6-8(14(16)17)7-11(12)22(20,21)9-4-2-1-3-5-9/h1-7H,13H2. The lowest BCUT2D eigenvalue weighted by molar-refractivity contribution is -0.393. The minimum atomic E-state index is -4.22. The second-order valence-corrected chi connectivity index (χ2v) is 6.13. The predicted octanol–water partition coefficient (Wildman–Crippen LogP) is 1.92. The number of nitrogens with two attached hydrogens (primary N) is 1. The first-order valence-electron chi connectivity index (χ1n) is 5.77. The number of benzene rings is 2. The van der Waals surface area contributed by atoms with Gasteiger partial charge in [0.2, 0.25) is 9.84 Å². The Balaban J connectivity index is 2.80. The second kappa shape index (κ2) is 5.41. The topological polar surface area (TPSA) is 146 Å². The molecule has 22 heavy (non-hydrogen) atoms. The van der Waals surface area contributed by atoms with Gasteiger partial charge in [-0.25, -0.2) is 8.42 Å². The van der Waals surface area contributed by atoms with E-state index in [4.69, 9.17) is 5.73 Å². The fourth-order valence-corrected chi connectivity index (χ4v) is 3.24. The molecule has 0 atom stereocenters. The summed E-state index contributed by atoms with van der Waals surface area (Å²) in [5.41, 5.74) is 3.34. The van der Waals surface area contributed by atoms with Gasteiger partial charge in [0, 0.05) is 6.07 Å². The molecule has 0 aliphatic rings. The van der Waals surface area contributed by atoms with Crippen molar-refractivity contribution in [1.29, 1.82) is 0 Å². The van der Waals surface area contributed by atoms with Crippen molar-refractivity contribution >= 4 is 26.9 Å². The van der Waals surface area contributed by atoms with E-state index in [0.717, 1.165) is 0 Å². The van der Waals surface area contributed by atoms with Gasteiger partial charge < -0.3 is 5.73 Å². The quantitative estimate of drug-likeness (QED) is 0.513. The van der Waals surface area contributed by atoms with Gasteiger partial charge in [-0.2, -0.15) is 0 Å². The molecule has 0 spiro atoms. The molecule has 0 unspecified atom stereocenters. The van der Waals surface area contributed by atoms with Crippen LogP contribution in [0.25, 0.3) is 0 Å². The molecule has 2 N–H and O–H groups in total. The number of non-ortho nitro benzene ring substituents is 1. The van der Waals surface area contributed by atoms with Gasteiger partial charge in [0.05, 0.1) is 20.8 Å². The number of nitro benzene ring substituents is 2. The molecule has 2 rings (SSSR count). The Bertz CT molecular complexity index is 864. The first-order chi connectivity index (χ1) is 10.2. The van der Waals surface area contributed by atoms with E-state index in [-0.39, 0.29) is 4.90 Å². The Morgan fingerprint density at radius 1 is 0.955 bits per heavy atom.